The Labute approximate surface area is 214 Å². The van der Waals surface area contributed by atoms with E-state index in [0.29, 0.717) is 29.5 Å². The maximum absolute atomic E-state index is 15.2. The highest BCUT2D eigenvalue weighted by Gasteiger charge is 2.29. The largest absolute Gasteiger partial charge is 0.493 e. The number of alkyl halides is 3. The molecule has 0 saturated carbocycles. The summed E-state index contributed by atoms with van der Waals surface area (Å²) in [6, 6.07) is 13.3. The molecule has 0 heterocycles. The van der Waals surface area contributed by atoms with Crippen molar-refractivity contribution in [2.45, 2.75) is 32.4 Å². The van der Waals surface area contributed by atoms with E-state index in [1.807, 2.05) is 6.92 Å². The van der Waals surface area contributed by atoms with E-state index in [-0.39, 0.29) is 35.1 Å². The summed E-state index contributed by atoms with van der Waals surface area (Å²) in [5, 5.41) is 0.683. The highest BCUT2D eigenvalue weighted by molar-refractivity contribution is 5.88. The lowest BCUT2D eigenvalue weighted by molar-refractivity contribution is -0.153. The highest BCUT2D eigenvalue weighted by atomic mass is 19.4. The van der Waals surface area contributed by atoms with Gasteiger partial charge in [-0.05, 0) is 59.5 Å². The molecule has 0 aromatic heterocycles. The molecule has 0 saturated heterocycles. The number of fused-ring (bicyclic) bond motifs is 1. The minimum Gasteiger partial charge on any atom is -0.493 e. The number of benzene rings is 4. The lowest BCUT2D eigenvalue weighted by Crippen LogP contribution is -2.19. The van der Waals surface area contributed by atoms with Gasteiger partial charge in [0.25, 0.3) is 0 Å². The summed E-state index contributed by atoms with van der Waals surface area (Å²) in [4.78, 5) is 0. The zero-order valence-electron chi connectivity index (χ0n) is 20.3. The third kappa shape index (κ3) is 6.38. The molecule has 0 radical (unpaired) electrons. The van der Waals surface area contributed by atoms with Gasteiger partial charge in [-0.3, -0.25) is 0 Å². The van der Waals surface area contributed by atoms with Crippen LogP contribution >= 0.6 is 0 Å². The summed E-state index contributed by atoms with van der Waals surface area (Å²) in [7, 11) is 0. The molecular formula is C29H23F7O2. The van der Waals surface area contributed by atoms with E-state index in [1.165, 1.54) is 30.3 Å². The molecule has 0 atom stereocenters. The van der Waals surface area contributed by atoms with Crippen molar-refractivity contribution in [3.8, 4) is 22.6 Å². The topological polar surface area (TPSA) is 18.5 Å². The molecule has 0 N–H and O–H groups in total. The molecule has 0 aliphatic carbocycles. The SMILES string of the molecule is CCCOc1cc(F)c(-c2ccc3c(F)c(CCc4ccc(OCC(F)(F)F)c(F)c4)ccc3c2)c(F)c1. The van der Waals surface area contributed by atoms with Gasteiger partial charge in [-0.25, -0.2) is 17.6 Å². The molecule has 4 aromatic carbocycles. The first-order chi connectivity index (χ1) is 18.1. The van der Waals surface area contributed by atoms with Crippen LogP contribution in [0.15, 0.2) is 60.7 Å². The second-order valence-electron chi connectivity index (χ2n) is 8.75. The van der Waals surface area contributed by atoms with Crippen LogP contribution in [-0.4, -0.2) is 19.4 Å². The lowest BCUT2D eigenvalue weighted by atomic mass is 9.96. The van der Waals surface area contributed by atoms with Gasteiger partial charge in [-0.15, -0.1) is 0 Å². The average molecular weight is 536 g/mol. The molecule has 0 aliphatic heterocycles. The van der Waals surface area contributed by atoms with Crippen LogP contribution in [0.1, 0.15) is 24.5 Å². The van der Waals surface area contributed by atoms with E-state index in [9.17, 15) is 26.3 Å². The summed E-state index contributed by atoms with van der Waals surface area (Å²) in [6.45, 7) is 0.594. The van der Waals surface area contributed by atoms with Crippen LogP contribution in [0.3, 0.4) is 0 Å². The van der Waals surface area contributed by atoms with Gasteiger partial charge >= 0.3 is 6.18 Å². The molecule has 200 valence electrons. The Balaban J connectivity index is 1.51. The summed E-state index contributed by atoms with van der Waals surface area (Å²) in [5.41, 5.74) is 0.779. The van der Waals surface area contributed by atoms with Gasteiger partial charge in [0.05, 0.1) is 12.2 Å². The quantitative estimate of drug-likeness (QED) is 0.200. The monoisotopic (exact) mass is 536 g/mol. The summed E-state index contributed by atoms with van der Waals surface area (Å²) in [6.07, 6.45) is -3.49. The van der Waals surface area contributed by atoms with E-state index in [0.717, 1.165) is 24.3 Å². The molecular weight excluding hydrogens is 513 g/mol. The number of rotatable bonds is 9. The maximum Gasteiger partial charge on any atom is 0.422 e. The van der Waals surface area contributed by atoms with Crippen LogP contribution in [0.25, 0.3) is 21.9 Å². The van der Waals surface area contributed by atoms with Crippen LogP contribution in [0.5, 0.6) is 11.5 Å². The zero-order chi connectivity index (χ0) is 27.4. The Kier molecular flexibility index (Phi) is 8.14. The number of ether oxygens (including phenoxy) is 2. The first kappa shape index (κ1) is 27.3. The van der Waals surface area contributed by atoms with Crippen molar-refractivity contribution < 1.29 is 40.2 Å². The van der Waals surface area contributed by atoms with Crippen molar-refractivity contribution in [1.82, 2.24) is 0 Å². The van der Waals surface area contributed by atoms with E-state index in [2.05, 4.69) is 4.74 Å². The second-order valence-corrected chi connectivity index (χ2v) is 8.75. The van der Waals surface area contributed by atoms with Crippen molar-refractivity contribution in [2.75, 3.05) is 13.2 Å². The Morgan fingerprint density at radius 3 is 2.13 bits per heavy atom. The van der Waals surface area contributed by atoms with E-state index >= 15 is 4.39 Å². The van der Waals surface area contributed by atoms with Crippen LogP contribution in [-0.2, 0) is 12.8 Å². The predicted octanol–water partition coefficient (Wildman–Crippen LogP) is 8.58. The van der Waals surface area contributed by atoms with Gasteiger partial charge in [0.15, 0.2) is 18.2 Å². The maximum atomic E-state index is 15.2. The van der Waals surface area contributed by atoms with E-state index < -0.39 is 41.8 Å². The lowest BCUT2D eigenvalue weighted by Gasteiger charge is -2.12. The van der Waals surface area contributed by atoms with Crippen molar-refractivity contribution in [3.63, 3.8) is 0 Å². The summed E-state index contributed by atoms with van der Waals surface area (Å²) in [5.74, 6) is -3.49. The molecule has 0 bridgehead atoms. The minimum absolute atomic E-state index is 0.0884. The van der Waals surface area contributed by atoms with Crippen LogP contribution in [0, 0.1) is 23.3 Å². The zero-order valence-corrected chi connectivity index (χ0v) is 20.3. The highest BCUT2D eigenvalue weighted by Crippen LogP contribution is 2.33. The van der Waals surface area contributed by atoms with Gasteiger partial charge in [0.1, 0.15) is 23.2 Å². The molecule has 2 nitrogen and oxygen atoms in total. The van der Waals surface area contributed by atoms with Gasteiger partial charge in [0.2, 0.25) is 0 Å². The van der Waals surface area contributed by atoms with Gasteiger partial charge in [-0.1, -0.05) is 37.3 Å². The minimum atomic E-state index is -4.59. The second kappa shape index (κ2) is 11.3. The Morgan fingerprint density at radius 1 is 0.737 bits per heavy atom. The Bertz CT molecular complexity index is 1420. The van der Waals surface area contributed by atoms with Crippen molar-refractivity contribution >= 4 is 10.8 Å². The molecule has 4 rings (SSSR count). The standard InChI is InChI=1S/C29H23F7O2/c1-2-11-37-21-14-24(31)27(25(32)15-21)20-8-9-22-19(13-20)7-6-18(28(22)33)5-3-17-4-10-26(23(30)12-17)38-16-29(34,35)36/h4,6-10,12-15H,2-3,5,11,16H2,1H3. The van der Waals surface area contributed by atoms with Crippen LogP contribution in [0.2, 0.25) is 0 Å². The first-order valence-corrected chi connectivity index (χ1v) is 11.9. The third-order valence-electron chi connectivity index (χ3n) is 5.88. The molecule has 4 aromatic rings. The van der Waals surface area contributed by atoms with Crippen molar-refractivity contribution in [3.05, 3.63) is 95.1 Å². The molecule has 0 aliphatic rings. The summed E-state index contributed by atoms with van der Waals surface area (Å²) < 4.78 is 105. The number of halogens is 7. The molecule has 0 fully saturated rings. The van der Waals surface area contributed by atoms with Gasteiger partial charge in [-0.2, -0.15) is 13.2 Å². The molecule has 0 amide bonds. The molecule has 38 heavy (non-hydrogen) atoms. The molecule has 0 spiro atoms. The molecule has 0 unspecified atom stereocenters. The number of hydrogen-bond acceptors (Lipinski definition) is 2. The fourth-order valence-corrected chi connectivity index (χ4v) is 4.07. The van der Waals surface area contributed by atoms with Crippen molar-refractivity contribution in [1.29, 1.82) is 0 Å². The fraction of sp³-hybridized carbons (Fsp3) is 0.241. The molecule has 9 heteroatoms. The normalized spacial score (nSPS) is 11.7. The fourth-order valence-electron chi connectivity index (χ4n) is 4.07. The Morgan fingerprint density at radius 2 is 1.47 bits per heavy atom. The number of hydrogen-bond donors (Lipinski definition) is 0. The third-order valence-corrected chi connectivity index (χ3v) is 5.88. The van der Waals surface area contributed by atoms with Crippen LogP contribution in [0.4, 0.5) is 30.7 Å². The average Bonchev–Trinajstić information content (AvgIpc) is 2.85. The van der Waals surface area contributed by atoms with Gasteiger partial charge in [0, 0.05) is 17.5 Å². The van der Waals surface area contributed by atoms with Gasteiger partial charge < -0.3 is 9.47 Å². The summed E-state index contributed by atoms with van der Waals surface area (Å²) >= 11 is 0. The Hall–Kier alpha value is -3.75. The predicted molar refractivity (Wildman–Crippen MR) is 130 cm³/mol. The first-order valence-electron chi connectivity index (χ1n) is 11.9. The van der Waals surface area contributed by atoms with E-state index in [1.54, 1.807) is 6.07 Å². The number of aryl methyl sites for hydroxylation is 2. The smallest absolute Gasteiger partial charge is 0.422 e. The van der Waals surface area contributed by atoms with Crippen molar-refractivity contribution in [2.24, 2.45) is 0 Å². The van der Waals surface area contributed by atoms with E-state index in [4.69, 9.17) is 4.74 Å². The van der Waals surface area contributed by atoms with Crippen LogP contribution < -0.4 is 9.47 Å².